The predicted octanol–water partition coefficient (Wildman–Crippen LogP) is -6.15. The van der Waals surface area contributed by atoms with Gasteiger partial charge in [-0.3, -0.25) is 14.4 Å². The zero-order valence-electron chi connectivity index (χ0n) is 43.0. The second kappa shape index (κ2) is 42.9. The molecule has 4 unspecified atom stereocenters. The lowest BCUT2D eigenvalue weighted by molar-refractivity contribution is -0.870. The number of hydrogen-bond acceptors (Lipinski definition) is 22. The lowest BCUT2D eigenvalue weighted by Gasteiger charge is -2.29. The number of carboxylic acids is 5. The van der Waals surface area contributed by atoms with E-state index in [4.69, 9.17) is 40.9 Å². The molecular weight excluding hydrogens is 930 g/mol. The minimum Gasteiger partial charge on any atom is -0.550 e. The summed E-state index contributed by atoms with van der Waals surface area (Å²) >= 11 is 0. The van der Waals surface area contributed by atoms with E-state index in [2.05, 4.69) is 82.4 Å². The topological polar surface area (TPSA) is 422 Å². The van der Waals surface area contributed by atoms with Crippen molar-refractivity contribution in [3.63, 3.8) is 0 Å². The molecule has 27 nitrogen and oxygen atoms in total. The van der Waals surface area contributed by atoms with E-state index in [1.165, 1.54) is 20.8 Å². The molecule has 0 saturated carbocycles. The Labute approximate surface area is 404 Å². The Kier molecular flexibility index (Phi) is 48.6. The monoisotopic (exact) mass is 1010 g/mol. The molecule has 0 aliphatic carbocycles. The largest absolute Gasteiger partial charge is 0.550 e. The van der Waals surface area contributed by atoms with E-state index in [1.54, 1.807) is 20.8 Å². The molecule has 0 saturated heterocycles. The summed E-state index contributed by atoms with van der Waals surface area (Å²) in [7, 11) is 18.5. The van der Waals surface area contributed by atoms with Crippen LogP contribution in [-0.4, -0.2) is 254 Å². The van der Waals surface area contributed by atoms with Crippen molar-refractivity contribution in [3.8, 4) is 0 Å². The standard InChI is InChI=1S/C9H16O6.C6H8O7.2C6H10O4.3C5H14NO/c1-3-8(15-6(2)11)9(13)14-5-7(12)4-10;7-3(8)1-6(13,5(11)12)2-4(9)10;2*1-3-5(6(8)9)10-4(2)7;3*1-6(2,3)4-5-7/h7-8,10,12H,3-5H2,1-2H3;13H,1-2H2,(H,7,8)(H,9,10)(H,11,12);2*5H,3H2,1-2H3,(H,8,9);3*7H,4-5H2,1-3H3/q;;;;3*+1/p-3. The molecule has 8 N–H and O–H groups in total. The Morgan fingerprint density at radius 2 is 0.783 bits per heavy atom. The van der Waals surface area contributed by atoms with E-state index < -0.39 is 103 Å². The lowest BCUT2D eigenvalue weighted by atomic mass is 9.96. The third-order valence-corrected chi connectivity index (χ3v) is 7.05. The molecule has 0 rings (SSSR count). The second-order valence-electron chi connectivity index (χ2n) is 17.3. The first kappa shape index (κ1) is 78.1. The van der Waals surface area contributed by atoms with Crippen molar-refractivity contribution in [2.75, 3.05) is 116 Å². The fourth-order valence-electron chi connectivity index (χ4n) is 3.42. The first-order valence-corrected chi connectivity index (χ1v) is 21.1. The number of ether oxygens (including phenoxy) is 4. The zero-order chi connectivity index (χ0) is 56.5. The summed E-state index contributed by atoms with van der Waals surface area (Å²) in [5, 5.41) is 98.1. The van der Waals surface area contributed by atoms with E-state index in [-0.39, 0.29) is 26.4 Å². The van der Waals surface area contributed by atoms with Gasteiger partial charge in [-0.2, -0.15) is 0 Å². The third-order valence-electron chi connectivity index (χ3n) is 7.05. The van der Waals surface area contributed by atoms with E-state index in [0.717, 1.165) is 33.1 Å². The minimum absolute atomic E-state index is 0.281. The van der Waals surface area contributed by atoms with Crippen molar-refractivity contribution in [1.82, 2.24) is 0 Å². The Morgan fingerprint density at radius 3 is 0.913 bits per heavy atom. The number of aliphatic hydroxyl groups excluding tert-OH is 5. The zero-order valence-corrected chi connectivity index (χ0v) is 43.0. The average Bonchev–Trinajstić information content (AvgIpc) is 3.16. The van der Waals surface area contributed by atoms with E-state index in [0.29, 0.717) is 19.3 Å². The Balaban J connectivity index is -0.000000133. The summed E-state index contributed by atoms with van der Waals surface area (Å²) in [5.41, 5.74) is -2.97. The quantitative estimate of drug-likeness (QED) is 0.0268. The van der Waals surface area contributed by atoms with Gasteiger partial charge in [0.15, 0.2) is 18.3 Å². The fraction of sp³-hybridized carbons (Fsp3) is 0.786. The summed E-state index contributed by atoms with van der Waals surface area (Å²) in [6, 6.07) is 0. The summed E-state index contributed by atoms with van der Waals surface area (Å²) in [4.78, 5) is 92.7. The SMILES string of the molecule is CCC(OC(C)=O)C(=O)O.CCC(OC(C)=O)C(=O)O.CCC(OC(C)=O)C(=O)OCC(O)CO.C[N+](C)(C)CCO.C[N+](C)(C)CCO.C[N+](C)(C)CCO.O=C([O-])CC(O)(CC(=O)[O-])C(=O)[O-]. The van der Waals surface area contributed by atoms with Gasteiger partial charge in [-0.1, -0.05) is 20.8 Å². The van der Waals surface area contributed by atoms with Gasteiger partial charge in [0.05, 0.1) is 95.8 Å². The highest BCUT2D eigenvalue weighted by molar-refractivity contribution is 5.86. The van der Waals surface area contributed by atoms with Crippen LogP contribution in [0.15, 0.2) is 0 Å². The second-order valence-corrected chi connectivity index (χ2v) is 17.3. The smallest absolute Gasteiger partial charge is 0.347 e. The van der Waals surface area contributed by atoms with Crippen molar-refractivity contribution < 1.29 is 132 Å². The number of hydrogen-bond donors (Lipinski definition) is 8. The maximum Gasteiger partial charge on any atom is 0.347 e. The van der Waals surface area contributed by atoms with Crippen LogP contribution in [0.25, 0.3) is 0 Å². The molecule has 0 heterocycles. The predicted molar refractivity (Wildman–Crippen MR) is 236 cm³/mol. The normalized spacial score (nSPS) is 12.3. The third kappa shape index (κ3) is 65.0. The van der Waals surface area contributed by atoms with Crippen molar-refractivity contribution in [2.45, 2.75) is 104 Å². The first-order valence-electron chi connectivity index (χ1n) is 21.1. The maximum atomic E-state index is 11.2. The molecule has 410 valence electrons. The number of rotatable bonds is 23. The van der Waals surface area contributed by atoms with Crippen LogP contribution in [0.3, 0.4) is 0 Å². The van der Waals surface area contributed by atoms with Crippen LogP contribution in [0.4, 0.5) is 0 Å². The van der Waals surface area contributed by atoms with E-state index >= 15 is 0 Å². The minimum atomic E-state index is -2.97. The van der Waals surface area contributed by atoms with Gasteiger partial charge in [0.1, 0.15) is 37.9 Å². The molecule has 0 radical (unpaired) electrons. The molecule has 0 fully saturated rings. The van der Waals surface area contributed by atoms with Crippen LogP contribution in [0.5, 0.6) is 0 Å². The number of aliphatic hydroxyl groups is 6. The molecule has 0 aliphatic rings. The summed E-state index contributed by atoms with van der Waals surface area (Å²) in [5.74, 6) is -10.6. The van der Waals surface area contributed by atoms with Gasteiger partial charge in [0.2, 0.25) is 0 Å². The lowest BCUT2D eigenvalue weighted by Crippen LogP contribution is -2.54. The number of esters is 4. The van der Waals surface area contributed by atoms with Crippen LogP contribution in [0.2, 0.25) is 0 Å². The van der Waals surface area contributed by atoms with Crippen molar-refractivity contribution >= 4 is 53.7 Å². The van der Waals surface area contributed by atoms with Gasteiger partial charge in [0.25, 0.3) is 0 Å². The van der Waals surface area contributed by atoms with Crippen LogP contribution in [-0.2, 0) is 62.1 Å². The van der Waals surface area contributed by atoms with Crippen molar-refractivity contribution in [1.29, 1.82) is 0 Å². The van der Waals surface area contributed by atoms with Crippen LogP contribution in [0, 0.1) is 0 Å². The number of carbonyl (C=O) groups excluding carboxylic acids is 7. The van der Waals surface area contributed by atoms with E-state index in [9.17, 15) is 58.5 Å². The van der Waals surface area contributed by atoms with Gasteiger partial charge in [0, 0.05) is 45.6 Å². The number of aliphatic carboxylic acids is 5. The van der Waals surface area contributed by atoms with Crippen molar-refractivity contribution in [2.24, 2.45) is 0 Å². The van der Waals surface area contributed by atoms with Crippen molar-refractivity contribution in [3.05, 3.63) is 0 Å². The summed E-state index contributed by atoms with van der Waals surface area (Å²) < 4.78 is 20.7. The van der Waals surface area contributed by atoms with Gasteiger partial charge in [-0.05, 0) is 19.3 Å². The number of likely N-dealkylation sites (N-methyl/N-ethyl adjacent to an activating group) is 3. The molecule has 0 aromatic heterocycles. The van der Waals surface area contributed by atoms with Crippen LogP contribution in [0.1, 0.15) is 73.6 Å². The summed E-state index contributed by atoms with van der Waals surface area (Å²) in [6.45, 7) is 11.1. The van der Waals surface area contributed by atoms with E-state index in [1.807, 2.05) is 0 Å². The number of carbonyl (C=O) groups is 9. The Morgan fingerprint density at radius 1 is 0.522 bits per heavy atom. The molecule has 27 heteroatoms. The highest BCUT2D eigenvalue weighted by Crippen LogP contribution is 2.13. The van der Waals surface area contributed by atoms with Gasteiger partial charge in [-0.15, -0.1) is 0 Å². The van der Waals surface area contributed by atoms with Crippen LogP contribution < -0.4 is 15.3 Å². The fourth-order valence-corrected chi connectivity index (χ4v) is 3.42. The van der Waals surface area contributed by atoms with Crippen LogP contribution >= 0.6 is 0 Å². The molecule has 0 amide bonds. The molecule has 4 atom stereocenters. The molecule has 0 aliphatic heterocycles. The number of nitrogens with zero attached hydrogens (tertiary/aromatic N) is 3. The highest BCUT2D eigenvalue weighted by Gasteiger charge is 2.29. The molecule has 0 bridgehead atoms. The van der Waals surface area contributed by atoms with Gasteiger partial charge in [-0.25, -0.2) is 14.4 Å². The number of quaternary nitrogens is 3. The Hall–Kier alpha value is -5.13. The number of carboxylic acid groups (broad SMARTS) is 5. The molecule has 69 heavy (non-hydrogen) atoms. The molecular formula is C42H83N3O24. The van der Waals surface area contributed by atoms with Gasteiger partial charge < -0.3 is 103 Å². The summed E-state index contributed by atoms with van der Waals surface area (Å²) in [6.07, 6.45) is -5.85. The Bertz CT molecular complexity index is 1370. The maximum absolute atomic E-state index is 11.2. The molecule has 0 spiro atoms. The average molecular weight is 1010 g/mol. The highest BCUT2D eigenvalue weighted by atomic mass is 16.6. The molecule has 0 aromatic carbocycles. The van der Waals surface area contributed by atoms with Gasteiger partial charge >= 0.3 is 35.8 Å². The first-order chi connectivity index (χ1) is 31.1. The molecule has 0 aromatic rings.